The number of carbonyl (C=O) groups excluding carboxylic acids is 2. The maximum atomic E-state index is 12.6. The van der Waals surface area contributed by atoms with Gasteiger partial charge in [-0.25, -0.2) is 4.79 Å². The Morgan fingerprint density at radius 3 is 2.47 bits per heavy atom. The van der Waals surface area contributed by atoms with Gasteiger partial charge >= 0.3 is 5.63 Å². The lowest BCUT2D eigenvalue weighted by Gasteiger charge is -2.11. The van der Waals surface area contributed by atoms with E-state index in [1.807, 2.05) is 20.8 Å². The highest BCUT2D eigenvalue weighted by atomic mass is 16.5. The summed E-state index contributed by atoms with van der Waals surface area (Å²) in [5.74, 6) is -0.213. The van der Waals surface area contributed by atoms with Crippen LogP contribution in [0.4, 0.5) is 0 Å². The van der Waals surface area contributed by atoms with E-state index in [0.717, 1.165) is 11.8 Å². The summed E-state index contributed by atoms with van der Waals surface area (Å²) < 4.78 is 12.4. The predicted molar refractivity (Wildman–Crippen MR) is 111 cm³/mol. The molecule has 9 nitrogen and oxygen atoms in total. The third kappa shape index (κ3) is 4.86. The normalized spacial score (nSPS) is 11.0. The zero-order valence-corrected chi connectivity index (χ0v) is 17.3. The molecule has 9 heteroatoms. The van der Waals surface area contributed by atoms with E-state index in [2.05, 4.69) is 15.7 Å². The number of benzene rings is 1. The van der Waals surface area contributed by atoms with Gasteiger partial charge in [0.1, 0.15) is 17.0 Å². The Kier molecular flexibility index (Phi) is 6.20. The zero-order chi connectivity index (χ0) is 21.8. The lowest BCUT2D eigenvalue weighted by Crippen LogP contribution is -2.35. The van der Waals surface area contributed by atoms with Crippen molar-refractivity contribution in [1.82, 2.24) is 20.4 Å². The van der Waals surface area contributed by atoms with Gasteiger partial charge < -0.3 is 19.8 Å². The van der Waals surface area contributed by atoms with Crippen molar-refractivity contribution in [3.8, 4) is 5.75 Å². The van der Waals surface area contributed by atoms with Crippen molar-refractivity contribution < 1.29 is 18.7 Å². The highest BCUT2D eigenvalue weighted by molar-refractivity contribution is 6.05. The molecule has 2 aromatic heterocycles. The summed E-state index contributed by atoms with van der Waals surface area (Å²) in [7, 11) is 1.75. The summed E-state index contributed by atoms with van der Waals surface area (Å²) >= 11 is 0. The van der Waals surface area contributed by atoms with E-state index in [1.54, 1.807) is 36.0 Å². The number of hydrogen-bond donors (Lipinski definition) is 2. The third-order valence-electron chi connectivity index (χ3n) is 4.37. The first-order valence-corrected chi connectivity index (χ1v) is 9.56. The number of amides is 2. The molecule has 0 saturated carbocycles. The van der Waals surface area contributed by atoms with E-state index in [4.69, 9.17) is 9.15 Å². The van der Waals surface area contributed by atoms with Crippen LogP contribution < -0.4 is 21.0 Å². The zero-order valence-electron chi connectivity index (χ0n) is 17.3. The van der Waals surface area contributed by atoms with E-state index in [9.17, 15) is 14.4 Å². The van der Waals surface area contributed by atoms with Crippen molar-refractivity contribution in [2.24, 2.45) is 7.05 Å². The second-order valence-corrected chi connectivity index (χ2v) is 7.11. The molecule has 2 amide bonds. The molecule has 158 valence electrons. The molecule has 2 heterocycles. The maximum absolute atomic E-state index is 12.6. The van der Waals surface area contributed by atoms with E-state index in [-0.39, 0.29) is 36.2 Å². The van der Waals surface area contributed by atoms with Crippen LogP contribution in [0.25, 0.3) is 11.0 Å². The second kappa shape index (κ2) is 8.81. The van der Waals surface area contributed by atoms with E-state index >= 15 is 0 Å². The van der Waals surface area contributed by atoms with E-state index in [0.29, 0.717) is 16.8 Å². The number of rotatable bonds is 7. The minimum Gasteiger partial charge on any atom is -0.491 e. The van der Waals surface area contributed by atoms with Gasteiger partial charge in [-0.1, -0.05) is 0 Å². The Bertz CT molecular complexity index is 1130. The van der Waals surface area contributed by atoms with Crippen LogP contribution in [0.15, 0.2) is 39.5 Å². The molecule has 2 N–H and O–H groups in total. The first-order valence-electron chi connectivity index (χ1n) is 9.56. The quantitative estimate of drug-likeness (QED) is 0.451. The topological polar surface area (TPSA) is 115 Å². The van der Waals surface area contributed by atoms with Crippen molar-refractivity contribution in [3.05, 3.63) is 57.7 Å². The Balaban J connectivity index is 1.64. The van der Waals surface area contributed by atoms with Crippen LogP contribution in [0, 0.1) is 6.92 Å². The predicted octanol–water partition coefficient (Wildman–Crippen LogP) is 1.78. The van der Waals surface area contributed by atoms with Crippen molar-refractivity contribution in [1.29, 1.82) is 0 Å². The molecule has 0 saturated heterocycles. The molecule has 1 aromatic carbocycles. The van der Waals surface area contributed by atoms with Crippen LogP contribution in [0.2, 0.25) is 0 Å². The number of hydrogen-bond acceptors (Lipinski definition) is 6. The van der Waals surface area contributed by atoms with Crippen LogP contribution in [-0.4, -0.2) is 40.8 Å². The molecule has 0 aliphatic heterocycles. The summed E-state index contributed by atoms with van der Waals surface area (Å²) in [5.41, 5.74) is 1.01. The first kappa shape index (κ1) is 21.1. The summed E-state index contributed by atoms with van der Waals surface area (Å²) in [4.78, 5) is 36.6. The third-order valence-corrected chi connectivity index (χ3v) is 4.37. The molecule has 3 aromatic rings. The minimum atomic E-state index is -0.631. The fourth-order valence-electron chi connectivity index (χ4n) is 2.89. The molecule has 0 aliphatic rings. The lowest BCUT2D eigenvalue weighted by atomic mass is 10.1. The summed E-state index contributed by atoms with van der Waals surface area (Å²) in [5, 5.41) is 9.99. The van der Waals surface area contributed by atoms with Gasteiger partial charge in [0.05, 0.1) is 11.7 Å². The Morgan fingerprint density at radius 1 is 1.13 bits per heavy atom. The van der Waals surface area contributed by atoms with E-state index < -0.39 is 11.5 Å². The average molecular weight is 412 g/mol. The molecule has 0 bridgehead atoms. The summed E-state index contributed by atoms with van der Waals surface area (Å²) in [6.45, 7) is 6.03. The summed E-state index contributed by atoms with van der Waals surface area (Å²) in [6.07, 6.45) is -0.0362. The van der Waals surface area contributed by atoms with Gasteiger partial charge in [-0.2, -0.15) is 5.10 Å². The SMILES string of the molecule is Cc1cc(C(=O)NCCNC(=O)c2cc(=O)oc3cc(OC(C)C)ccc23)nn1C. The molecule has 3 rings (SSSR count). The summed E-state index contributed by atoms with van der Waals surface area (Å²) in [6, 6.07) is 7.81. The molecule has 30 heavy (non-hydrogen) atoms. The second-order valence-electron chi connectivity index (χ2n) is 7.11. The number of aromatic nitrogens is 2. The smallest absolute Gasteiger partial charge is 0.337 e. The van der Waals surface area contributed by atoms with Gasteiger partial charge in [0.15, 0.2) is 0 Å². The van der Waals surface area contributed by atoms with Crippen LogP contribution >= 0.6 is 0 Å². The average Bonchev–Trinajstić information content (AvgIpc) is 3.02. The Labute approximate surface area is 173 Å². The van der Waals surface area contributed by atoms with Crippen LogP contribution in [0.1, 0.15) is 40.4 Å². The molecule has 0 atom stereocenters. The number of fused-ring (bicyclic) bond motifs is 1. The van der Waals surface area contributed by atoms with Crippen LogP contribution in [0.5, 0.6) is 5.75 Å². The van der Waals surface area contributed by atoms with Crippen molar-refractivity contribution in [3.63, 3.8) is 0 Å². The maximum Gasteiger partial charge on any atom is 0.337 e. The fourth-order valence-corrected chi connectivity index (χ4v) is 2.89. The van der Waals surface area contributed by atoms with Crippen LogP contribution in [0.3, 0.4) is 0 Å². The fraction of sp³-hybridized carbons (Fsp3) is 0.333. The first-order chi connectivity index (χ1) is 14.2. The van der Waals surface area contributed by atoms with Gasteiger partial charge in [0.2, 0.25) is 0 Å². The molecule has 0 spiro atoms. The van der Waals surface area contributed by atoms with Gasteiger partial charge in [0, 0.05) is 43.4 Å². The number of carbonyl (C=O) groups is 2. The van der Waals surface area contributed by atoms with Gasteiger partial charge in [-0.05, 0) is 39.0 Å². The standard InChI is InChI=1S/C21H24N4O5/c1-12(2)29-14-5-6-15-16(11-19(26)30-18(15)10-14)20(27)22-7-8-23-21(28)17-9-13(3)25(4)24-17/h5-6,9-12H,7-8H2,1-4H3,(H,22,27)(H,23,28). The van der Waals surface area contributed by atoms with Gasteiger partial charge in [-0.3, -0.25) is 14.3 Å². The molecule has 0 fully saturated rings. The van der Waals surface area contributed by atoms with Gasteiger partial charge in [-0.15, -0.1) is 0 Å². The van der Waals surface area contributed by atoms with Crippen molar-refractivity contribution in [2.75, 3.05) is 13.1 Å². The highest BCUT2D eigenvalue weighted by Gasteiger charge is 2.15. The number of aryl methyl sites for hydroxylation is 2. The van der Waals surface area contributed by atoms with Crippen LogP contribution in [-0.2, 0) is 7.05 Å². The minimum absolute atomic E-state index is 0.0362. The number of nitrogens with one attached hydrogen (secondary N) is 2. The largest absolute Gasteiger partial charge is 0.491 e. The Hall–Kier alpha value is -3.62. The Morgan fingerprint density at radius 2 is 1.83 bits per heavy atom. The molecule has 0 radical (unpaired) electrons. The molecular weight excluding hydrogens is 388 g/mol. The lowest BCUT2D eigenvalue weighted by molar-refractivity contribution is 0.0925. The van der Waals surface area contributed by atoms with Gasteiger partial charge in [0.25, 0.3) is 11.8 Å². The van der Waals surface area contributed by atoms with E-state index in [1.165, 1.54) is 0 Å². The van der Waals surface area contributed by atoms with Crippen molar-refractivity contribution in [2.45, 2.75) is 26.9 Å². The van der Waals surface area contributed by atoms with Crippen molar-refractivity contribution >= 4 is 22.8 Å². The monoisotopic (exact) mass is 412 g/mol. The molecule has 0 unspecified atom stereocenters. The highest BCUT2D eigenvalue weighted by Crippen LogP contribution is 2.23. The number of nitrogens with zero attached hydrogens (tertiary/aromatic N) is 2. The number of ether oxygens (including phenoxy) is 1. The molecular formula is C21H24N4O5. The molecule has 0 aliphatic carbocycles.